The molecule has 2 aromatic heterocycles. The lowest BCUT2D eigenvalue weighted by atomic mass is 10.2. The van der Waals surface area contributed by atoms with E-state index >= 15 is 0 Å². The lowest BCUT2D eigenvalue weighted by Crippen LogP contribution is -2.50. The number of amides is 1. The van der Waals surface area contributed by atoms with Gasteiger partial charge in [-0.25, -0.2) is 21.8 Å². The summed E-state index contributed by atoms with van der Waals surface area (Å²) in [6.07, 6.45) is 2.94. The molecule has 32 heavy (non-hydrogen) atoms. The summed E-state index contributed by atoms with van der Waals surface area (Å²) >= 11 is 0. The summed E-state index contributed by atoms with van der Waals surface area (Å²) in [5.41, 5.74) is 0.578. The zero-order valence-corrected chi connectivity index (χ0v) is 18.1. The van der Waals surface area contributed by atoms with Crippen molar-refractivity contribution in [1.29, 1.82) is 0 Å². The molecule has 1 N–H and O–H groups in total. The summed E-state index contributed by atoms with van der Waals surface area (Å²) in [6.45, 7) is 0.378. The third kappa shape index (κ3) is 3.87. The molecule has 1 fully saturated rings. The fraction of sp³-hybridized carbons (Fsp3) is 0.263. The molecule has 1 aromatic carbocycles. The second kappa shape index (κ2) is 8.22. The van der Waals surface area contributed by atoms with Crippen molar-refractivity contribution in [3.63, 3.8) is 0 Å². The van der Waals surface area contributed by atoms with E-state index in [2.05, 4.69) is 9.97 Å². The van der Waals surface area contributed by atoms with Gasteiger partial charge in [-0.1, -0.05) is 0 Å². The molecule has 4 rings (SSSR count). The van der Waals surface area contributed by atoms with Crippen molar-refractivity contribution in [3.05, 3.63) is 54.4 Å². The average Bonchev–Trinajstić information content (AvgIpc) is 3.24. The standard InChI is InChI=1S/C19H18F2N4O5S2/c20-19(21)31(27,28)14-5-3-13(4-6-14)18(26)24-8-10-25(11-9-24)32(29,30)16-12-23-17-15(16)2-1-7-22-17/h1-7,12,19H,8-11H2,(H,22,23). The monoisotopic (exact) mass is 484 g/mol. The van der Waals surface area contributed by atoms with Gasteiger partial charge in [-0.2, -0.15) is 13.1 Å². The fourth-order valence-electron chi connectivity index (χ4n) is 3.49. The van der Waals surface area contributed by atoms with Crippen molar-refractivity contribution in [1.82, 2.24) is 19.2 Å². The molecular weight excluding hydrogens is 466 g/mol. The van der Waals surface area contributed by atoms with Crippen LogP contribution in [-0.4, -0.2) is 73.9 Å². The Hall–Kier alpha value is -2.90. The molecule has 170 valence electrons. The number of fused-ring (bicyclic) bond motifs is 1. The highest BCUT2D eigenvalue weighted by Gasteiger charge is 2.32. The molecule has 0 atom stereocenters. The number of benzene rings is 1. The van der Waals surface area contributed by atoms with Crippen LogP contribution in [0.3, 0.4) is 0 Å². The Bertz CT molecular complexity index is 1360. The molecule has 3 heterocycles. The number of aromatic amines is 1. The molecule has 1 aliphatic heterocycles. The number of halogens is 2. The van der Waals surface area contributed by atoms with Gasteiger partial charge in [0.15, 0.2) is 0 Å². The van der Waals surface area contributed by atoms with Crippen LogP contribution in [0.1, 0.15) is 10.4 Å². The van der Waals surface area contributed by atoms with Crippen molar-refractivity contribution in [3.8, 4) is 0 Å². The molecule has 0 aliphatic carbocycles. The number of H-pyrrole nitrogens is 1. The molecule has 1 saturated heterocycles. The van der Waals surface area contributed by atoms with Gasteiger partial charge < -0.3 is 9.88 Å². The molecule has 1 aliphatic rings. The number of rotatable bonds is 5. The quantitative estimate of drug-likeness (QED) is 0.589. The highest BCUT2D eigenvalue weighted by molar-refractivity contribution is 7.91. The molecule has 0 saturated carbocycles. The van der Waals surface area contributed by atoms with E-state index in [1.54, 1.807) is 18.3 Å². The van der Waals surface area contributed by atoms with E-state index in [1.807, 2.05) is 0 Å². The van der Waals surface area contributed by atoms with E-state index in [9.17, 15) is 30.4 Å². The average molecular weight is 485 g/mol. The maximum absolute atomic E-state index is 13.1. The Morgan fingerprint density at radius 3 is 2.28 bits per heavy atom. The number of alkyl halides is 2. The molecule has 1 amide bonds. The van der Waals surface area contributed by atoms with Gasteiger partial charge in [-0.15, -0.1) is 0 Å². The van der Waals surface area contributed by atoms with Gasteiger partial charge in [-0.3, -0.25) is 4.79 Å². The number of sulfone groups is 1. The third-order valence-electron chi connectivity index (χ3n) is 5.22. The van der Waals surface area contributed by atoms with Gasteiger partial charge in [-0.05, 0) is 36.4 Å². The third-order valence-corrected chi connectivity index (χ3v) is 8.56. The molecule has 13 heteroatoms. The van der Waals surface area contributed by atoms with E-state index in [0.29, 0.717) is 11.0 Å². The van der Waals surface area contributed by atoms with Crippen LogP contribution in [0, 0.1) is 0 Å². The Morgan fingerprint density at radius 1 is 1.00 bits per heavy atom. The normalized spacial score (nSPS) is 16.0. The minimum Gasteiger partial charge on any atom is -0.345 e. The van der Waals surface area contributed by atoms with E-state index < -0.39 is 36.4 Å². The first-order chi connectivity index (χ1) is 15.1. The van der Waals surface area contributed by atoms with Crippen LogP contribution in [0.5, 0.6) is 0 Å². The van der Waals surface area contributed by atoms with E-state index in [4.69, 9.17) is 0 Å². The Kier molecular flexibility index (Phi) is 5.73. The van der Waals surface area contributed by atoms with Crippen LogP contribution >= 0.6 is 0 Å². The van der Waals surface area contributed by atoms with Gasteiger partial charge in [0.25, 0.3) is 5.91 Å². The Labute approximate surface area is 182 Å². The summed E-state index contributed by atoms with van der Waals surface area (Å²) < 4.78 is 75.7. The molecule has 0 radical (unpaired) electrons. The van der Waals surface area contributed by atoms with Crippen LogP contribution in [0.25, 0.3) is 11.0 Å². The first-order valence-electron chi connectivity index (χ1n) is 9.46. The summed E-state index contributed by atoms with van der Waals surface area (Å²) in [7, 11) is -8.55. The smallest absolute Gasteiger partial charge is 0.341 e. The van der Waals surface area contributed by atoms with Crippen molar-refractivity contribution in [2.45, 2.75) is 15.5 Å². The molecular formula is C19H18F2N4O5S2. The van der Waals surface area contributed by atoms with E-state index in [1.165, 1.54) is 27.5 Å². The zero-order chi connectivity index (χ0) is 23.1. The minimum absolute atomic E-state index is 0.0683. The number of carbonyl (C=O) groups is 1. The van der Waals surface area contributed by atoms with Crippen LogP contribution in [-0.2, 0) is 19.9 Å². The largest absolute Gasteiger partial charge is 0.345 e. The fourth-order valence-corrected chi connectivity index (χ4v) is 5.78. The number of carbonyl (C=O) groups excluding carboxylic acids is 1. The van der Waals surface area contributed by atoms with Crippen LogP contribution in [0.2, 0.25) is 0 Å². The highest BCUT2D eigenvalue weighted by atomic mass is 32.2. The van der Waals surface area contributed by atoms with Gasteiger partial charge in [0.05, 0.1) is 4.90 Å². The van der Waals surface area contributed by atoms with Crippen molar-refractivity contribution >= 4 is 36.8 Å². The molecule has 0 spiro atoms. The molecule has 0 bridgehead atoms. The van der Waals surface area contributed by atoms with E-state index in [0.717, 1.165) is 12.1 Å². The maximum atomic E-state index is 13.1. The molecule has 0 unspecified atom stereocenters. The van der Waals surface area contributed by atoms with Crippen LogP contribution < -0.4 is 0 Å². The number of sulfonamides is 1. The number of hydrogen-bond acceptors (Lipinski definition) is 6. The number of nitrogens with one attached hydrogen (secondary N) is 1. The Morgan fingerprint density at radius 2 is 1.66 bits per heavy atom. The number of nitrogens with zero attached hydrogens (tertiary/aromatic N) is 3. The summed E-state index contributed by atoms with van der Waals surface area (Å²) in [5, 5.41) is 0.477. The van der Waals surface area contributed by atoms with Crippen molar-refractivity contribution < 1.29 is 30.4 Å². The maximum Gasteiger partial charge on any atom is 0.341 e. The van der Waals surface area contributed by atoms with Gasteiger partial charge >= 0.3 is 5.76 Å². The van der Waals surface area contributed by atoms with Crippen molar-refractivity contribution in [2.24, 2.45) is 0 Å². The number of pyridine rings is 1. The van der Waals surface area contributed by atoms with Gasteiger partial charge in [0.2, 0.25) is 19.9 Å². The van der Waals surface area contributed by atoms with Crippen molar-refractivity contribution in [2.75, 3.05) is 26.2 Å². The first kappa shape index (κ1) is 22.3. The molecule has 3 aromatic rings. The number of piperazine rings is 1. The van der Waals surface area contributed by atoms with E-state index in [-0.39, 0.29) is 36.6 Å². The summed E-state index contributed by atoms with van der Waals surface area (Å²) in [5.74, 6) is -3.99. The highest BCUT2D eigenvalue weighted by Crippen LogP contribution is 2.25. The lowest BCUT2D eigenvalue weighted by molar-refractivity contribution is 0.0698. The Balaban J connectivity index is 1.46. The number of aromatic nitrogens is 2. The summed E-state index contributed by atoms with van der Waals surface area (Å²) in [6, 6.07) is 7.55. The predicted molar refractivity (Wildman–Crippen MR) is 110 cm³/mol. The van der Waals surface area contributed by atoms with Crippen LogP contribution in [0.4, 0.5) is 8.78 Å². The zero-order valence-electron chi connectivity index (χ0n) is 16.5. The van der Waals surface area contributed by atoms with Gasteiger partial charge in [0.1, 0.15) is 10.5 Å². The first-order valence-corrected chi connectivity index (χ1v) is 12.4. The van der Waals surface area contributed by atoms with Gasteiger partial charge in [0, 0.05) is 49.5 Å². The predicted octanol–water partition coefficient (Wildman–Crippen LogP) is 1.71. The second-order valence-electron chi connectivity index (χ2n) is 7.08. The topological polar surface area (TPSA) is 121 Å². The second-order valence-corrected chi connectivity index (χ2v) is 10.9. The summed E-state index contributed by atoms with van der Waals surface area (Å²) in [4.78, 5) is 20.6. The lowest BCUT2D eigenvalue weighted by Gasteiger charge is -2.34. The number of hydrogen-bond donors (Lipinski definition) is 1. The minimum atomic E-state index is -4.74. The van der Waals surface area contributed by atoms with Crippen LogP contribution in [0.15, 0.2) is 58.6 Å². The SMILES string of the molecule is O=C(c1ccc(S(=O)(=O)C(F)F)cc1)N1CCN(S(=O)(=O)c2c[nH]c3ncccc23)CC1. The molecule has 9 nitrogen and oxygen atoms in total.